The number of carbonyl (C=O) groups excluding carboxylic acids is 1. The van der Waals surface area contributed by atoms with Gasteiger partial charge in [0.15, 0.2) is 0 Å². The van der Waals surface area contributed by atoms with E-state index in [9.17, 15) is 4.79 Å². The Labute approximate surface area is 101 Å². The number of methoxy groups -OCH3 is 2. The standard InChI is InChI=1S/C13H16O4/c1-4-17-13(14)9-12(16-3)10-5-7-11(15-2)8-6-10/h5-9H,4H2,1-3H3/b12-9-. The van der Waals surface area contributed by atoms with Crippen molar-refractivity contribution in [1.82, 2.24) is 0 Å². The van der Waals surface area contributed by atoms with Crippen LogP contribution < -0.4 is 4.74 Å². The van der Waals surface area contributed by atoms with E-state index in [1.165, 1.54) is 13.2 Å². The van der Waals surface area contributed by atoms with E-state index < -0.39 is 5.97 Å². The van der Waals surface area contributed by atoms with Crippen molar-refractivity contribution in [2.75, 3.05) is 20.8 Å². The molecule has 4 heteroatoms. The first-order valence-corrected chi connectivity index (χ1v) is 5.28. The molecule has 0 unspecified atom stereocenters. The number of benzene rings is 1. The largest absolute Gasteiger partial charge is 0.497 e. The second kappa shape index (κ2) is 6.58. The van der Waals surface area contributed by atoms with Crippen molar-refractivity contribution in [2.45, 2.75) is 6.92 Å². The van der Waals surface area contributed by atoms with Crippen molar-refractivity contribution < 1.29 is 19.0 Å². The Hall–Kier alpha value is -1.97. The first-order chi connectivity index (χ1) is 8.21. The fraction of sp³-hybridized carbons (Fsp3) is 0.308. The number of hydrogen-bond acceptors (Lipinski definition) is 4. The summed E-state index contributed by atoms with van der Waals surface area (Å²) in [6, 6.07) is 7.22. The zero-order chi connectivity index (χ0) is 12.7. The van der Waals surface area contributed by atoms with Crippen LogP contribution in [0, 0.1) is 0 Å². The molecule has 0 spiro atoms. The smallest absolute Gasteiger partial charge is 0.334 e. The lowest BCUT2D eigenvalue weighted by Gasteiger charge is -2.07. The van der Waals surface area contributed by atoms with Gasteiger partial charge < -0.3 is 14.2 Å². The van der Waals surface area contributed by atoms with Crippen LogP contribution >= 0.6 is 0 Å². The van der Waals surface area contributed by atoms with Gasteiger partial charge in [-0.1, -0.05) is 0 Å². The molecule has 17 heavy (non-hydrogen) atoms. The monoisotopic (exact) mass is 236 g/mol. The number of rotatable bonds is 5. The number of esters is 1. The van der Waals surface area contributed by atoms with Crippen molar-refractivity contribution in [2.24, 2.45) is 0 Å². The summed E-state index contributed by atoms with van der Waals surface area (Å²) in [5.74, 6) is 0.798. The van der Waals surface area contributed by atoms with Crippen LogP contribution in [0.15, 0.2) is 30.3 Å². The van der Waals surface area contributed by atoms with E-state index >= 15 is 0 Å². The molecule has 0 radical (unpaired) electrons. The maximum Gasteiger partial charge on any atom is 0.334 e. The topological polar surface area (TPSA) is 44.8 Å². The van der Waals surface area contributed by atoms with Crippen LogP contribution in [0.5, 0.6) is 5.75 Å². The molecule has 0 saturated carbocycles. The summed E-state index contributed by atoms with van der Waals surface area (Å²) in [7, 11) is 3.11. The summed E-state index contributed by atoms with van der Waals surface area (Å²) in [6.07, 6.45) is 1.32. The van der Waals surface area contributed by atoms with Gasteiger partial charge in [0.1, 0.15) is 11.5 Å². The molecule has 0 bridgehead atoms. The van der Waals surface area contributed by atoms with Crippen molar-refractivity contribution in [3.05, 3.63) is 35.9 Å². The van der Waals surface area contributed by atoms with E-state index in [2.05, 4.69) is 0 Å². The molecule has 0 saturated heterocycles. The van der Waals surface area contributed by atoms with E-state index in [4.69, 9.17) is 14.2 Å². The van der Waals surface area contributed by atoms with E-state index in [1.807, 2.05) is 12.1 Å². The first kappa shape index (κ1) is 13.1. The molecular formula is C13H16O4. The van der Waals surface area contributed by atoms with Crippen molar-refractivity contribution in [3.63, 3.8) is 0 Å². The number of ether oxygens (including phenoxy) is 3. The third-order valence-corrected chi connectivity index (χ3v) is 2.13. The third-order valence-electron chi connectivity index (χ3n) is 2.13. The van der Waals surface area contributed by atoms with Gasteiger partial charge >= 0.3 is 5.97 Å². The Bertz CT molecular complexity index is 392. The fourth-order valence-corrected chi connectivity index (χ4v) is 1.31. The Balaban J connectivity index is 2.89. The molecule has 0 heterocycles. The van der Waals surface area contributed by atoms with E-state index in [0.717, 1.165) is 11.3 Å². The van der Waals surface area contributed by atoms with E-state index in [0.29, 0.717) is 12.4 Å². The zero-order valence-corrected chi connectivity index (χ0v) is 10.2. The molecule has 0 N–H and O–H groups in total. The van der Waals surface area contributed by atoms with Crippen molar-refractivity contribution in [3.8, 4) is 5.75 Å². The van der Waals surface area contributed by atoms with Gasteiger partial charge in [-0.15, -0.1) is 0 Å². The van der Waals surface area contributed by atoms with Gasteiger partial charge in [0, 0.05) is 5.56 Å². The van der Waals surface area contributed by atoms with Crippen LogP contribution in [-0.4, -0.2) is 26.8 Å². The maximum atomic E-state index is 11.3. The Morgan fingerprint density at radius 2 is 1.88 bits per heavy atom. The van der Waals surface area contributed by atoms with E-state index in [-0.39, 0.29) is 0 Å². The summed E-state index contributed by atoms with van der Waals surface area (Å²) >= 11 is 0. The quantitative estimate of drug-likeness (QED) is 0.447. The predicted octanol–water partition coefficient (Wildman–Crippen LogP) is 2.25. The Morgan fingerprint density at radius 1 is 1.24 bits per heavy atom. The van der Waals surface area contributed by atoms with Crippen LogP contribution in [0.2, 0.25) is 0 Å². The Morgan fingerprint density at radius 3 is 2.35 bits per heavy atom. The highest BCUT2D eigenvalue weighted by Gasteiger charge is 2.05. The highest BCUT2D eigenvalue weighted by Crippen LogP contribution is 2.19. The minimum atomic E-state index is -0.417. The molecule has 0 aliphatic heterocycles. The molecule has 0 aromatic heterocycles. The minimum Gasteiger partial charge on any atom is -0.497 e. The number of carbonyl (C=O) groups is 1. The molecule has 1 aromatic carbocycles. The summed E-state index contributed by atoms with van der Waals surface area (Å²) < 4.78 is 15.0. The second-order valence-corrected chi connectivity index (χ2v) is 3.19. The van der Waals surface area contributed by atoms with E-state index in [1.54, 1.807) is 26.2 Å². The molecule has 0 amide bonds. The molecule has 4 nitrogen and oxygen atoms in total. The SMILES string of the molecule is CCOC(=O)/C=C(\OC)c1ccc(OC)cc1. The molecule has 92 valence electrons. The highest BCUT2D eigenvalue weighted by atomic mass is 16.5. The van der Waals surface area contributed by atoms with Gasteiger partial charge in [0.2, 0.25) is 0 Å². The summed E-state index contributed by atoms with van der Waals surface area (Å²) in [5, 5.41) is 0. The molecule has 0 fully saturated rings. The van der Waals surface area contributed by atoms with Crippen LogP contribution in [0.4, 0.5) is 0 Å². The third kappa shape index (κ3) is 3.83. The van der Waals surface area contributed by atoms with Gasteiger partial charge in [-0.3, -0.25) is 0 Å². The lowest BCUT2D eigenvalue weighted by molar-refractivity contribution is -0.137. The van der Waals surface area contributed by atoms with Gasteiger partial charge in [-0.05, 0) is 31.2 Å². The van der Waals surface area contributed by atoms with Gasteiger partial charge in [-0.25, -0.2) is 4.79 Å². The maximum absolute atomic E-state index is 11.3. The average Bonchev–Trinajstić information content (AvgIpc) is 2.36. The Kier molecular flexibility index (Phi) is 5.07. The normalized spacial score (nSPS) is 10.9. The highest BCUT2D eigenvalue weighted by molar-refractivity contribution is 5.89. The van der Waals surface area contributed by atoms with Crippen LogP contribution in [-0.2, 0) is 14.3 Å². The summed E-state index contributed by atoms with van der Waals surface area (Å²) in [6.45, 7) is 2.10. The molecule has 0 atom stereocenters. The zero-order valence-electron chi connectivity index (χ0n) is 10.2. The molecule has 1 rings (SSSR count). The van der Waals surface area contributed by atoms with Gasteiger partial charge in [-0.2, -0.15) is 0 Å². The summed E-state index contributed by atoms with van der Waals surface area (Å²) in [5.41, 5.74) is 0.793. The van der Waals surface area contributed by atoms with Crippen LogP contribution in [0.1, 0.15) is 12.5 Å². The lowest BCUT2D eigenvalue weighted by atomic mass is 10.1. The van der Waals surface area contributed by atoms with Crippen molar-refractivity contribution in [1.29, 1.82) is 0 Å². The van der Waals surface area contributed by atoms with Gasteiger partial charge in [0.25, 0.3) is 0 Å². The molecule has 1 aromatic rings. The first-order valence-electron chi connectivity index (χ1n) is 5.28. The summed E-state index contributed by atoms with van der Waals surface area (Å²) in [4.78, 5) is 11.3. The van der Waals surface area contributed by atoms with Crippen LogP contribution in [0.3, 0.4) is 0 Å². The average molecular weight is 236 g/mol. The molecular weight excluding hydrogens is 220 g/mol. The number of hydrogen-bond donors (Lipinski definition) is 0. The lowest BCUT2D eigenvalue weighted by Crippen LogP contribution is -2.01. The van der Waals surface area contributed by atoms with Gasteiger partial charge in [0.05, 0.1) is 26.9 Å². The second-order valence-electron chi connectivity index (χ2n) is 3.19. The molecule has 0 aliphatic rings. The minimum absolute atomic E-state index is 0.342. The van der Waals surface area contributed by atoms with Crippen molar-refractivity contribution >= 4 is 11.7 Å². The fourth-order valence-electron chi connectivity index (χ4n) is 1.31. The van der Waals surface area contributed by atoms with Crippen LogP contribution in [0.25, 0.3) is 5.76 Å². The molecule has 0 aliphatic carbocycles. The predicted molar refractivity (Wildman–Crippen MR) is 64.6 cm³/mol.